The lowest BCUT2D eigenvalue weighted by Gasteiger charge is -2.15. The van der Waals surface area contributed by atoms with Crippen molar-refractivity contribution in [2.45, 2.75) is 20.0 Å². The Hall–Kier alpha value is -1.08. The first kappa shape index (κ1) is 10.0. The summed E-state index contributed by atoms with van der Waals surface area (Å²) >= 11 is 0. The molecule has 0 aliphatic heterocycles. The van der Waals surface area contributed by atoms with Gasteiger partial charge in [-0.2, -0.15) is 0 Å². The van der Waals surface area contributed by atoms with Crippen molar-refractivity contribution in [3.63, 3.8) is 0 Å². The van der Waals surface area contributed by atoms with E-state index in [9.17, 15) is 5.11 Å². The third-order valence-corrected chi connectivity index (χ3v) is 2.25. The van der Waals surface area contributed by atoms with E-state index in [0.29, 0.717) is 0 Å². The van der Waals surface area contributed by atoms with Crippen LogP contribution in [-0.4, -0.2) is 5.11 Å². The molecule has 1 heteroatoms. The minimum Gasteiger partial charge on any atom is -0.388 e. The Balaban J connectivity index is 2.88. The highest BCUT2D eigenvalue weighted by Gasteiger charge is 2.12. The molecule has 0 spiro atoms. The Morgan fingerprint density at radius 1 is 1.46 bits per heavy atom. The fraction of sp³-hybridized carbons (Fsp3) is 0.333. The standard InChI is InChI=1S/C12H16O/c1-4-10(3)12(13)11-7-5-6-9(2)8-11/h4-8,10,12-13H,1H2,2-3H3. The first-order valence-corrected chi connectivity index (χ1v) is 4.52. The summed E-state index contributed by atoms with van der Waals surface area (Å²) in [6, 6.07) is 7.93. The summed E-state index contributed by atoms with van der Waals surface area (Å²) in [4.78, 5) is 0. The molecule has 0 bridgehead atoms. The van der Waals surface area contributed by atoms with Gasteiger partial charge in [0.15, 0.2) is 0 Å². The Kier molecular flexibility index (Phi) is 3.26. The molecule has 0 aliphatic rings. The maximum absolute atomic E-state index is 9.84. The second kappa shape index (κ2) is 4.24. The highest BCUT2D eigenvalue weighted by molar-refractivity contribution is 5.24. The second-order valence-corrected chi connectivity index (χ2v) is 3.45. The van der Waals surface area contributed by atoms with Crippen molar-refractivity contribution in [1.29, 1.82) is 0 Å². The van der Waals surface area contributed by atoms with Gasteiger partial charge in [0, 0.05) is 5.92 Å². The van der Waals surface area contributed by atoms with Crippen molar-refractivity contribution in [2.24, 2.45) is 5.92 Å². The van der Waals surface area contributed by atoms with E-state index >= 15 is 0 Å². The third-order valence-electron chi connectivity index (χ3n) is 2.25. The van der Waals surface area contributed by atoms with Crippen LogP contribution >= 0.6 is 0 Å². The molecule has 1 nitrogen and oxygen atoms in total. The van der Waals surface area contributed by atoms with Crippen LogP contribution in [0.4, 0.5) is 0 Å². The number of rotatable bonds is 3. The van der Waals surface area contributed by atoms with Crippen LogP contribution < -0.4 is 0 Å². The zero-order valence-corrected chi connectivity index (χ0v) is 8.20. The molecule has 1 N–H and O–H groups in total. The summed E-state index contributed by atoms with van der Waals surface area (Å²) in [5.41, 5.74) is 2.14. The largest absolute Gasteiger partial charge is 0.388 e. The molecule has 1 rings (SSSR count). The van der Waals surface area contributed by atoms with Gasteiger partial charge in [-0.1, -0.05) is 42.8 Å². The summed E-state index contributed by atoms with van der Waals surface area (Å²) in [5.74, 6) is 0.0989. The Labute approximate surface area is 79.7 Å². The molecule has 70 valence electrons. The lowest BCUT2D eigenvalue weighted by Crippen LogP contribution is -2.06. The van der Waals surface area contributed by atoms with Crippen LogP contribution in [0.15, 0.2) is 36.9 Å². The summed E-state index contributed by atoms with van der Waals surface area (Å²) in [7, 11) is 0. The normalized spacial score (nSPS) is 15.0. The molecule has 2 atom stereocenters. The molecule has 2 unspecified atom stereocenters. The summed E-state index contributed by atoms with van der Waals surface area (Å²) in [6.07, 6.45) is 1.34. The average Bonchev–Trinajstić information content (AvgIpc) is 2.15. The number of hydrogen-bond donors (Lipinski definition) is 1. The van der Waals surface area contributed by atoms with Gasteiger partial charge in [-0.3, -0.25) is 0 Å². The van der Waals surface area contributed by atoms with Crippen molar-refractivity contribution in [1.82, 2.24) is 0 Å². The third kappa shape index (κ3) is 2.43. The minimum absolute atomic E-state index is 0.0989. The highest BCUT2D eigenvalue weighted by Crippen LogP contribution is 2.22. The van der Waals surface area contributed by atoms with E-state index in [4.69, 9.17) is 0 Å². The fourth-order valence-electron chi connectivity index (χ4n) is 1.29. The molecule has 0 saturated carbocycles. The van der Waals surface area contributed by atoms with Gasteiger partial charge in [0.1, 0.15) is 0 Å². The number of aliphatic hydroxyl groups excluding tert-OH is 1. The quantitative estimate of drug-likeness (QED) is 0.702. The van der Waals surface area contributed by atoms with Crippen molar-refractivity contribution >= 4 is 0 Å². The molecular formula is C12H16O. The SMILES string of the molecule is C=CC(C)C(O)c1cccc(C)c1. The molecule has 0 saturated heterocycles. The molecule has 1 aromatic rings. The monoisotopic (exact) mass is 176 g/mol. The molecule has 0 aliphatic carbocycles. The lowest BCUT2D eigenvalue weighted by molar-refractivity contribution is 0.140. The molecule has 0 fully saturated rings. The zero-order valence-electron chi connectivity index (χ0n) is 8.20. The number of benzene rings is 1. The Morgan fingerprint density at radius 3 is 2.69 bits per heavy atom. The minimum atomic E-state index is -0.433. The van der Waals surface area contributed by atoms with Gasteiger partial charge in [-0.05, 0) is 12.5 Å². The van der Waals surface area contributed by atoms with Crippen LogP contribution in [0.25, 0.3) is 0 Å². The van der Waals surface area contributed by atoms with Crippen LogP contribution in [0.1, 0.15) is 24.2 Å². The van der Waals surface area contributed by atoms with Crippen molar-refractivity contribution < 1.29 is 5.11 Å². The van der Waals surface area contributed by atoms with Gasteiger partial charge < -0.3 is 5.11 Å². The van der Waals surface area contributed by atoms with Crippen LogP contribution in [0.5, 0.6) is 0 Å². The molecule has 13 heavy (non-hydrogen) atoms. The Bertz CT molecular complexity index is 291. The van der Waals surface area contributed by atoms with Crippen molar-refractivity contribution in [2.75, 3.05) is 0 Å². The number of hydrogen-bond acceptors (Lipinski definition) is 1. The molecule has 0 heterocycles. The van der Waals surface area contributed by atoms with Gasteiger partial charge in [0.2, 0.25) is 0 Å². The van der Waals surface area contributed by atoms with E-state index in [2.05, 4.69) is 6.58 Å². The van der Waals surface area contributed by atoms with E-state index in [1.165, 1.54) is 5.56 Å². The predicted molar refractivity (Wildman–Crippen MR) is 55.5 cm³/mol. The van der Waals surface area contributed by atoms with E-state index in [1.807, 2.05) is 38.1 Å². The van der Waals surface area contributed by atoms with E-state index in [0.717, 1.165) is 5.56 Å². The van der Waals surface area contributed by atoms with Gasteiger partial charge in [-0.15, -0.1) is 6.58 Å². The van der Waals surface area contributed by atoms with Gasteiger partial charge in [-0.25, -0.2) is 0 Å². The van der Waals surface area contributed by atoms with E-state index in [-0.39, 0.29) is 5.92 Å². The molecule has 0 aromatic heterocycles. The zero-order chi connectivity index (χ0) is 9.84. The average molecular weight is 176 g/mol. The predicted octanol–water partition coefficient (Wildman–Crippen LogP) is 2.85. The molecular weight excluding hydrogens is 160 g/mol. The highest BCUT2D eigenvalue weighted by atomic mass is 16.3. The van der Waals surface area contributed by atoms with Crippen LogP contribution in [0, 0.1) is 12.8 Å². The second-order valence-electron chi connectivity index (χ2n) is 3.45. The van der Waals surface area contributed by atoms with Gasteiger partial charge in [0.25, 0.3) is 0 Å². The maximum Gasteiger partial charge on any atom is 0.0849 e. The summed E-state index contributed by atoms with van der Waals surface area (Å²) in [5, 5.41) is 9.84. The van der Waals surface area contributed by atoms with Gasteiger partial charge >= 0.3 is 0 Å². The van der Waals surface area contributed by atoms with Crippen molar-refractivity contribution in [3.8, 4) is 0 Å². The van der Waals surface area contributed by atoms with E-state index in [1.54, 1.807) is 6.08 Å². The van der Waals surface area contributed by atoms with E-state index < -0.39 is 6.10 Å². The number of aryl methyl sites for hydroxylation is 1. The molecule has 1 aromatic carbocycles. The first-order chi connectivity index (χ1) is 6.15. The first-order valence-electron chi connectivity index (χ1n) is 4.52. The summed E-state index contributed by atoms with van der Waals surface area (Å²) < 4.78 is 0. The molecule has 0 amide bonds. The number of aliphatic hydroxyl groups is 1. The Morgan fingerprint density at radius 2 is 2.15 bits per heavy atom. The summed E-state index contributed by atoms with van der Waals surface area (Å²) in [6.45, 7) is 7.65. The fourth-order valence-corrected chi connectivity index (χ4v) is 1.29. The van der Waals surface area contributed by atoms with Crippen LogP contribution in [0.3, 0.4) is 0 Å². The topological polar surface area (TPSA) is 20.2 Å². The lowest BCUT2D eigenvalue weighted by atomic mass is 9.96. The van der Waals surface area contributed by atoms with Crippen molar-refractivity contribution in [3.05, 3.63) is 48.0 Å². The maximum atomic E-state index is 9.84. The van der Waals surface area contributed by atoms with Crippen LogP contribution in [-0.2, 0) is 0 Å². The van der Waals surface area contributed by atoms with Gasteiger partial charge in [0.05, 0.1) is 6.10 Å². The molecule has 0 radical (unpaired) electrons. The smallest absolute Gasteiger partial charge is 0.0849 e. The van der Waals surface area contributed by atoms with Crippen LogP contribution in [0.2, 0.25) is 0 Å².